The molecule has 2 heterocycles. The second-order valence-electron chi connectivity index (χ2n) is 7.27. The van der Waals surface area contributed by atoms with E-state index in [9.17, 15) is 26.3 Å². The fourth-order valence-corrected chi connectivity index (χ4v) is 3.44. The van der Waals surface area contributed by atoms with Crippen molar-refractivity contribution >= 4 is 0 Å². The van der Waals surface area contributed by atoms with Crippen LogP contribution in [0, 0.1) is 0 Å². The normalized spacial score (nSPS) is 18.3. The molecule has 4 nitrogen and oxygen atoms in total. The van der Waals surface area contributed by atoms with E-state index in [2.05, 4.69) is 21.7 Å². The van der Waals surface area contributed by atoms with Crippen molar-refractivity contribution in [1.29, 1.82) is 0 Å². The summed E-state index contributed by atoms with van der Waals surface area (Å²) in [6.45, 7) is 0. The molecule has 2 aliphatic rings. The molecule has 2 saturated heterocycles. The van der Waals surface area contributed by atoms with Crippen molar-refractivity contribution in [2.24, 2.45) is 0 Å². The van der Waals surface area contributed by atoms with Gasteiger partial charge in [-0.25, -0.2) is 21.7 Å². The lowest BCUT2D eigenvalue weighted by Crippen LogP contribution is -2.34. The van der Waals surface area contributed by atoms with Gasteiger partial charge in [0.2, 0.25) is 5.66 Å². The number of halogens is 6. The van der Waals surface area contributed by atoms with Gasteiger partial charge in [-0.1, -0.05) is 78.9 Å². The lowest BCUT2D eigenvalue weighted by molar-refractivity contribution is -0.165. The SMILES string of the molecule is FC(F)(F)C1(c2ccccc2)NN1.FC(F)(F)c1ccccc1C1(c2ccccc2)NN1. The van der Waals surface area contributed by atoms with Gasteiger partial charge in [0.25, 0.3) is 0 Å². The highest BCUT2D eigenvalue weighted by Crippen LogP contribution is 2.42. The molecule has 0 saturated carbocycles. The maximum absolute atomic E-state index is 13.1. The quantitative estimate of drug-likeness (QED) is 0.348. The summed E-state index contributed by atoms with van der Waals surface area (Å²) in [5, 5.41) is 0. The molecule has 0 aromatic heterocycles. The Bertz CT molecular complexity index is 1060. The molecular formula is C22H18F6N4. The van der Waals surface area contributed by atoms with Crippen molar-refractivity contribution in [3.05, 3.63) is 107 Å². The summed E-state index contributed by atoms with van der Waals surface area (Å²) < 4.78 is 76.6. The van der Waals surface area contributed by atoms with E-state index in [0.717, 1.165) is 11.6 Å². The van der Waals surface area contributed by atoms with Crippen LogP contribution in [-0.2, 0) is 17.5 Å². The van der Waals surface area contributed by atoms with Gasteiger partial charge in [-0.2, -0.15) is 26.3 Å². The Morgan fingerprint density at radius 2 is 1.00 bits per heavy atom. The van der Waals surface area contributed by atoms with Crippen LogP contribution in [0.15, 0.2) is 84.9 Å². The Labute approximate surface area is 179 Å². The Hall–Kier alpha value is -2.92. The third-order valence-electron chi connectivity index (χ3n) is 5.23. The summed E-state index contributed by atoms with van der Waals surface area (Å²) in [7, 11) is 0. The van der Waals surface area contributed by atoms with Crippen molar-refractivity contribution in [3.8, 4) is 0 Å². The molecule has 0 bridgehead atoms. The molecule has 0 amide bonds. The van der Waals surface area contributed by atoms with E-state index in [4.69, 9.17) is 0 Å². The van der Waals surface area contributed by atoms with Crippen molar-refractivity contribution in [2.75, 3.05) is 0 Å². The second-order valence-corrected chi connectivity index (χ2v) is 7.27. The summed E-state index contributed by atoms with van der Waals surface area (Å²) in [4.78, 5) is 0. The van der Waals surface area contributed by atoms with E-state index >= 15 is 0 Å². The first-order valence-corrected chi connectivity index (χ1v) is 9.53. The van der Waals surface area contributed by atoms with Crippen LogP contribution in [-0.4, -0.2) is 6.18 Å². The minimum atomic E-state index is -4.37. The van der Waals surface area contributed by atoms with Gasteiger partial charge in [-0.15, -0.1) is 0 Å². The predicted octanol–water partition coefficient (Wildman–Crippen LogP) is 4.52. The van der Waals surface area contributed by atoms with Crippen LogP contribution in [0.25, 0.3) is 0 Å². The largest absolute Gasteiger partial charge is 0.426 e. The highest BCUT2D eigenvalue weighted by molar-refractivity contribution is 5.46. The average Bonchev–Trinajstić information content (AvgIpc) is 3.69. The summed E-state index contributed by atoms with van der Waals surface area (Å²) in [6, 6.07) is 22.3. The lowest BCUT2D eigenvalue weighted by Gasteiger charge is -2.18. The topological polar surface area (TPSA) is 87.8 Å². The van der Waals surface area contributed by atoms with Gasteiger partial charge in [0.15, 0.2) is 0 Å². The Kier molecular flexibility index (Phi) is 5.49. The summed E-state index contributed by atoms with van der Waals surface area (Å²) in [5.41, 5.74) is 7.49. The van der Waals surface area contributed by atoms with Gasteiger partial charge in [0.1, 0.15) is 5.66 Å². The minimum Gasteiger partial charge on any atom is -0.226 e. The molecule has 0 atom stereocenters. The molecule has 3 aromatic carbocycles. The Balaban J connectivity index is 0.000000165. The number of hydrazine groups is 2. The third-order valence-corrected chi connectivity index (χ3v) is 5.23. The van der Waals surface area contributed by atoms with Gasteiger partial charge < -0.3 is 0 Å². The number of benzene rings is 3. The molecule has 0 spiro atoms. The van der Waals surface area contributed by atoms with Crippen LogP contribution < -0.4 is 21.7 Å². The van der Waals surface area contributed by atoms with Crippen LogP contribution in [0.1, 0.15) is 22.3 Å². The van der Waals surface area contributed by atoms with Gasteiger partial charge in [-0.3, -0.25) is 0 Å². The first-order chi connectivity index (χ1) is 15.1. The van der Waals surface area contributed by atoms with Gasteiger partial charge >= 0.3 is 12.4 Å². The Morgan fingerprint density at radius 1 is 0.531 bits per heavy atom. The zero-order chi connectivity index (χ0) is 23.0. The van der Waals surface area contributed by atoms with Gasteiger partial charge in [0.05, 0.1) is 5.56 Å². The van der Waals surface area contributed by atoms with E-state index in [1.54, 1.807) is 48.5 Å². The van der Waals surface area contributed by atoms with Crippen molar-refractivity contribution < 1.29 is 26.3 Å². The van der Waals surface area contributed by atoms with Crippen LogP contribution in [0.5, 0.6) is 0 Å². The van der Waals surface area contributed by atoms with E-state index in [0.29, 0.717) is 0 Å². The molecule has 0 unspecified atom stereocenters. The zero-order valence-electron chi connectivity index (χ0n) is 16.4. The molecule has 5 rings (SSSR count). The lowest BCUT2D eigenvalue weighted by atomic mass is 9.91. The van der Waals surface area contributed by atoms with Crippen molar-refractivity contribution in [3.63, 3.8) is 0 Å². The molecule has 2 aliphatic heterocycles. The van der Waals surface area contributed by atoms with E-state index in [1.165, 1.54) is 24.3 Å². The number of hydrogen-bond donors (Lipinski definition) is 4. The van der Waals surface area contributed by atoms with E-state index in [1.807, 2.05) is 6.07 Å². The maximum atomic E-state index is 13.1. The zero-order valence-corrected chi connectivity index (χ0v) is 16.4. The van der Waals surface area contributed by atoms with Gasteiger partial charge in [-0.05, 0) is 17.2 Å². The first-order valence-electron chi connectivity index (χ1n) is 9.53. The molecule has 32 heavy (non-hydrogen) atoms. The second kappa shape index (κ2) is 7.89. The number of alkyl halides is 6. The molecule has 10 heteroatoms. The standard InChI is InChI=1S/C14H11F3N2.C8H7F3N2/c15-14(16,17)12-9-5-4-8-11(12)13(18-19-13)10-6-2-1-3-7-10;9-8(10,11)7(12-13-7)6-4-2-1-3-5-6/h1-9,18-19H;1-5,12-13H. The third kappa shape index (κ3) is 4.09. The van der Waals surface area contributed by atoms with Crippen molar-refractivity contribution in [2.45, 2.75) is 23.7 Å². The summed E-state index contributed by atoms with van der Waals surface area (Å²) in [6.07, 6.45) is -8.68. The average molecular weight is 452 g/mol. The first kappa shape index (κ1) is 22.3. The van der Waals surface area contributed by atoms with Crippen LogP contribution >= 0.6 is 0 Å². The molecule has 0 aliphatic carbocycles. The highest BCUT2D eigenvalue weighted by Gasteiger charge is 2.65. The number of nitrogens with one attached hydrogen (secondary N) is 4. The van der Waals surface area contributed by atoms with Crippen LogP contribution in [0.2, 0.25) is 0 Å². The molecule has 4 N–H and O–H groups in total. The smallest absolute Gasteiger partial charge is 0.226 e. The monoisotopic (exact) mass is 452 g/mol. The van der Waals surface area contributed by atoms with E-state index < -0.39 is 29.2 Å². The Morgan fingerprint density at radius 3 is 1.44 bits per heavy atom. The summed E-state index contributed by atoms with van der Waals surface area (Å²) in [5.74, 6) is 0. The molecule has 168 valence electrons. The predicted molar refractivity (Wildman–Crippen MR) is 105 cm³/mol. The maximum Gasteiger partial charge on any atom is 0.426 e. The molecular weight excluding hydrogens is 434 g/mol. The van der Waals surface area contributed by atoms with Crippen molar-refractivity contribution in [1.82, 2.24) is 21.7 Å². The minimum absolute atomic E-state index is 0.183. The van der Waals surface area contributed by atoms with E-state index in [-0.39, 0.29) is 11.1 Å². The van der Waals surface area contributed by atoms with Crippen LogP contribution in [0.4, 0.5) is 26.3 Å². The fraction of sp³-hybridized carbons (Fsp3) is 0.182. The fourth-order valence-electron chi connectivity index (χ4n) is 3.44. The van der Waals surface area contributed by atoms with Gasteiger partial charge in [0, 0.05) is 5.56 Å². The summed E-state index contributed by atoms with van der Waals surface area (Å²) >= 11 is 0. The number of hydrogen-bond acceptors (Lipinski definition) is 4. The number of rotatable bonds is 3. The highest BCUT2D eigenvalue weighted by atomic mass is 19.4. The molecule has 0 radical (unpaired) electrons. The van der Waals surface area contributed by atoms with Crippen LogP contribution in [0.3, 0.4) is 0 Å². The molecule has 3 aromatic rings. The molecule has 2 fully saturated rings.